The van der Waals surface area contributed by atoms with Gasteiger partial charge in [-0.25, -0.2) is 8.42 Å². The Labute approximate surface area is 195 Å². The fourth-order valence-corrected chi connectivity index (χ4v) is 6.89. The number of anilines is 1. The Morgan fingerprint density at radius 3 is 2.53 bits per heavy atom. The number of hydrogen-bond acceptors (Lipinski definition) is 8. The second-order valence-corrected chi connectivity index (χ2v) is 12.5. The Bertz CT molecular complexity index is 1150. The fraction of sp³-hybridized carbons (Fsp3) is 0.381. The molecule has 0 bridgehead atoms. The molecule has 11 heteroatoms. The van der Waals surface area contributed by atoms with Crippen LogP contribution in [-0.4, -0.2) is 47.2 Å². The molecular weight excluding hydrogens is 468 g/mol. The molecular formula is C21H24N4O4S3. The van der Waals surface area contributed by atoms with Crippen molar-refractivity contribution < 1.29 is 17.6 Å². The molecule has 170 valence electrons. The van der Waals surface area contributed by atoms with Crippen LogP contribution < -0.4 is 5.32 Å². The highest BCUT2D eigenvalue weighted by molar-refractivity contribution is 7.99. The molecule has 1 amide bonds. The molecule has 0 spiro atoms. The van der Waals surface area contributed by atoms with Gasteiger partial charge in [0, 0.05) is 34.7 Å². The normalized spacial score (nSPS) is 15.8. The Morgan fingerprint density at radius 1 is 1.19 bits per heavy atom. The van der Waals surface area contributed by atoms with Gasteiger partial charge in [0.15, 0.2) is 0 Å². The van der Waals surface area contributed by atoms with E-state index in [0.29, 0.717) is 41.3 Å². The monoisotopic (exact) mass is 492 g/mol. The number of carbonyl (C=O) groups is 1. The number of rotatable bonds is 7. The van der Waals surface area contributed by atoms with Crippen molar-refractivity contribution in [1.82, 2.24) is 14.5 Å². The molecule has 32 heavy (non-hydrogen) atoms. The number of carbonyl (C=O) groups excluding carboxylic acids is 1. The van der Waals surface area contributed by atoms with Gasteiger partial charge in [-0.3, -0.25) is 10.1 Å². The quantitative estimate of drug-likeness (QED) is 0.489. The first kappa shape index (κ1) is 23.0. The molecule has 0 unspecified atom stereocenters. The van der Waals surface area contributed by atoms with E-state index in [2.05, 4.69) is 29.4 Å². The van der Waals surface area contributed by atoms with Crippen LogP contribution in [0.2, 0.25) is 0 Å². The first-order valence-electron chi connectivity index (χ1n) is 10.3. The lowest BCUT2D eigenvalue weighted by molar-refractivity contribution is -0.121. The molecule has 0 saturated carbocycles. The molecule has 0 atom stereocenters. The number of nitrogens with one attached hydrogen (secondary N) is 1. The Morgan fingerprint density at radius 2 is 1.91 bits per heavy atom. The van der Waals surface area contributed by atoms with Gasteiger partial charge >= 0.3 is 6.01 Å². The Hall–Kier alpha value is -2.21. The van der Waals surface area contributed by atoms with Gasteiger partial charge < -0.3 is 4.42 Å². The van der Waals surface area contributed by atoms with Crippen LogP contribution in [0.4, 0.5) is 6.01 Å². The lowest BCUT2D eigenvalue weighted by Gasteiger charge is -2.29. The fourth-order valence-electron chi connectivity index (χ4n) is 3.44. The van der Waals surface area contributed by atoms with E-state index in [4.69, 9.17) is 4.42 Å². The van der Waals surface area contributed by atoms with Crippen molar-refractivity contribution in [2.24, 2.45) is 5.92 Å². The molecule has 1 N–H and O–H groups in total. The van der Waals surface area contributed by atoms with E-state index in [1.807, 2.05) is 24.3 Å². The molecule has 0 aliphatic carbocycles. The van der Waals surface area contributed by atoms with E-state index in [1.165, 1.54) is 15.6 Å². The van der Waals surface area contributed by atoms with Crippen LogP contribution in [-0.2, 0) is 14.8 Å². The van der Waals surface area contributed by atoms with Crippen LogP contribution in [0.3, 0.4) is 0 Å². The highest BCUT2D eigenvalue weighted by Gasteiger charge is 2.33. The van der Waals surface area contributed by atoms with E-state index >= 15 is 0 Å². The van der Waals surface area contributed by atoms with Crippen LogP contribution in [0.15, 0.2) is 55.3 Å². The summed E-state index contributed by atoms with van der Waals surface area (Å²) < 4.78 is 32.6. The SMILES string of the molecule is CC(C)Sc1ccc(-c2nnc(NC(=O)C3CCN(S(=O)(=O)c4cccs4)CC3)o2)cc1. The summed E-state index contributed by atoms with van der Waals surface area (Å²) in [7, 11) is -3.49. The summed E-state index contributed by atoms with van der Waals surface area (Å²) in [6, 6.07) is 11.2. The van der Waals surface area contributed by atoms with Gasteiger partial charge in [-0.2, -0.15) is 4.31 Å². The Kier molecular flexibility index (Phi) is 6.99. The van der Waals surface area contributed by atoms with Crippen LogP contribution in [0.25, 0.3) is 11.5 Å². The highest BCUT2D eigenvalue weighted by Crippen LogP contribution is 2.28. The van der Waals surface area contributed by atoms with Crippen molar-refractivity contribution in [3.05, 3.63) is 41.8 Å². The number of thiophene rings is 1. The summed E-state index contributed by atoms with van der Waals surface area (Å²) in [5.74, 6) is -0.220. The highest BCUT2D eigenvalue weighted by atomic mass is 32.2. The van der Waals surface area contributed by atoms with E-state index in [1.54, 1.807) is 29.3 Å². The molecule has 1 aliphatic heterocycles. The maximum Gasteiger partial charge on any atom is 0.322 e. The van der Waals surface area contributed by atoms with Crippen molar-refractivity contribution in [1.29, 1.82) is 0 Å². The average Bonchev–Trinajstić information content (AvgIpc) is 3.47. The third-order valence-electron chi connectivity index (χ3n) is 5.04. The van der Waals surface area contributed by atoms with Crippen LogP contribution in [0, 0.1) is 5.92 Å². The number of thioether (sulfide) groups is 1. The molecule has 2 aromatic heterocycles. The predicted molar refractivity (Wildman–Crippen MR) is 125 cm³/mol. The van der Waals surface area contributed by atoms with Gasteiger partial charge in [0.2, 0.25) is 11.8 Å². The third-order valence-corrected chi connectivity index (χ3v) is 9.33. The number of nitrogens with zero attached hydrogens (tertiary/aromatic N) is 3. The zero-order valence-corrected chi connectivity index (χ0v) is 20.2. The molecule has 1 saturated heterocycles. The molecule has 4 rings (SSSR count). The molecule has 1 aromatic carbocycles. The molecule has 1 aliphatic rings. The molecule has 0 radical (unpaired) electrons. The number of benzene rings is 1. The maximum atomic E-state index is 12.6. The topological polar surface area (TPSA) is 105 Å². The smallest absolute Gasteiger partial charge is 0.322 e. The lowest BCUT2D eigenvalue weighted by Crippen LogP contribution is -2.41. The summed E-state index contributed by atoms with van der Waals surface area (Å²) in [6.45, 7) is 4.87. The van der Waals surface area contributed by atoms with Gasteiger partial charge in [-0.15, -0.1) is 28.2 Å². The van der Waals surface area contributed by atoms with Gasteiger partial charge in [0.25, 0.3) is 10.0 Å². The number of sulfonamides is 1. The number of aromatic nitrogens is 2. The standard InChI is InChI=1S/C21H24N4O4S3/c1-14(2)31-17-7-5-16(6-8-17)20-23-24-21(29-20)22-19(26)15-9-11-25(12-10-15)32(27,28)18-4-3-13-30-18/h3-8,13-15H,9-12H2,1-2H3,(H,22,24,26). The van der Waals surface area contributed by atoms with Crippen molar-refractivity contribution >= 4 is 45.0 Å². The zero-order chi connectivity index (χ0) is 22.7. The summed E-state index contributed by atoms with van der Waals surface area (Å²) in [5, 5.41) is 12.9. The van der Waals surface area contributed by atoms with Gasteiger partial charge in [0.05, 0.1) is 0 Å². The maximum absolute atomic E-state index is 12.6. The van der Waals surface area contributed by atoms with Crippen molar-refractivity contribution in [2.45, 2.75) is 41.0 Å². The second kappa shape index (κ2) is 9.74. The number of piperidine rings is 1. The first-order chi connectivity index (χ1) is 15.3. The summed E-state index contributed by atoms with van der Waals surface area (Å²) in [5.41, 5.74) is 0.776. The van der Waals surface area contributed by atoms with Crippen molar-refractivity contribution in [3.8, 4) is 11.5 Å². The number of hydrogen-bond donors (Lipinski definition) is 1. The summed E-state index contributed by atoms with van der Waals surface area (Å²) >= 11 is 2.97. The van der Waals surface area contributed by atoms with E-state index in [9.17, 15) is 13.2 Å². The summed E-state index contributed by atoms with van der Waals surface area (Å²) in [6.07, 6.45) is 0.874. The minimum absolute atomic E-state index is 0.0410. The molecule has 3 aromatic rings. The third kappa shape index (κ3) is 5.22. The zero-order valence-electron chi connectivity index (χ0n) is 17.7. The lowest BCUT2D eigenvalue weighted by atomic mass is 9.97. The van der Waals surface area contributed by atoms with Gasteiger partial charge in [0.1, 0.15) is 4.21 Å². The van der Waals surface area contributed by atoms with Crippen LogP contribution in [0.5, 0.6) is 0 Å². The minimum atomic E-state index is -3.49. The largest absolute Gasteiger partial charge is 0.403 e. The molecule has 3 heterocycles. The molecule has 8 nitrogen and oxygen atoms in total. The number of amides is 1. The van der Waals surface area contributed by atoms with Gasteiger partial charge in [-0.1, -0.05) is 25.0 Å². The average molecular weight is 493 g/mol. The van der Waals surface area contributed by atoms with E-state index < -0.39 is 10.0 Å². The van der Waals surface area contributed by atoms with Crippen molar-refractivity contribution in [2.75, 3.05) is 18.4 Å². The van der Waals surface area contributed by atoms with Gasteiger partial charge in [-0.05, 0) is 48.6 Å². The Balaban J connectivity index is 1.33. The first-order valence-corrected chi connectivity index (χ1v) is 13.5. The van der Waals surface area contributed by atoms with Crippen LogP contribution in [0.1, 0.15) is 26.7 Å². The predicted octanol–water partition coefficient (Wildman–Crippen LogP) is 4.34. The second-order valence-electron chi connectivity index (χ2n) is 7.70. The van der Waals surface area contributed by atoms with E-state index in [-0.39, 0.29) is 17.8 Å². The van der Waals surface area contributed by atoms with Crippen molar-refractivity contribution in [3.63, 3.8) is 0 Å². The molecule has 1 fully saturated rings. The van der Waals surface area contributed by atoms with Crippen LogP contribution >= 0.6 is 23.1 Å². The van der Waals surface area contributed by atoms with E-state index in [0.717, 1.165) is 10.5 Å². The minimum Gasteiger partial charge on any atom is -0.403 e. The summed E-state index contributed by atoms with van der Waals surface area (Å²) in [4.78, 5) is 13.8.